The monoisotopic (exact) mass is 260 g/mol. The van der Waals surface area contributed by atoms with E-state index >= 15 is 0 Å². The van der Waals surface area contributed by atoms with E-state index in [2.05, 4.69) is 20.8 Å². The van der Waals surface area contributed by atoms with Crippen LogP contribution in [0.3, 0.4) is 0 Å². The Morgan fingerprint density at radius 1 is 1.33 bits per heavy atom. The van der Waals surface area contributed by atoms with Crippen LogP contribution in [0, 0.1) is 5.92 Å². The van der Waals surface area contributed by atoms with E-state index in [0.29, 0.717) is 18.3 Å². The van der Waals surface area contributed by atoms with Crippen molar-refractivity contribution in [1.29, 1.82) is 0 Å². The quantitative estimate of drug-likeness (QED) is 0.868. The van der Waals surface area contributed by atoms with Crippen molar-refractivity contribution in [2.75, 3.05) is 25.0 Å². The molecule has 7 heteroatoms. The molecule has 1 aromatic heterocycles. The van der Waals surface area contributed by atoms with Gasteiger partial charge in [0.1, 0.15) is 5.82 Å². The smallest absolute Gasteiger partial charge is 0.369 e. The summed E-state index contributed by atoms with van der Waals surface area (Å²) in [5.41, 5.74) is -0.965. The maximum Gasteiger partial charge on any atom is 0.435 e. The van der Waals surface area contributed by atoms with Crippen molar-refractivity contribution in [3.05, 3.63) is 17.8 Å². The van der Waals surface area contributed by atoms with Crippen LogP contribution in [-0.4, -0.2) is 29.8 Å². The summed E-state index contributed by atoms with van der Waals surface area (Å²) in [4.78, 5) is 0. The summed E-state index contributed by atoms with van der Waals surface area (Å²) in [5, 5.41) is 12.9. The fourth-order valence-corrected chi connectivity index (χ4v) is 1.94. The molecule has 1 aliphatic rings. The van der Waals surface area contributed by atoms with Crippen molar-refractivity contribution in [2.24, 2.45) is 5.92 Å². The second kappa shape index (κ2) is 5.51. The van der Waals surface area contributed by atoms with Crippen LogP contribution in [0.2, 0.25) is 0 Å². The number of anilines is 1. The van der Waals surface area contributed by atoms with E-state index < -0.39 is 11.9 Å². The lowest BCUT2D eigenvalue weighted by Gasteiger charge is -2.10. The Morgan fingerprint density at radius 2 is 2.17 bits per heavy atom. The third-order valence-electron chi connectivity index (χ3n) is 2.98. The lowest BCUT2D eigenvalue weighted by molar-refractivity contribution is -0.141. The highest BCUT2D eigenvalue weighted by atomic mass is 19.4. The minimum Gasteiger partial charge on any atom is -0.369 e. The zero-order chi connectivity index (χ0) is 13.0. The molecule has 0 saturated carbocycles. The van der Waals surface area contributed by atoms with Crippen molar-refractivity contribution in [1.82, 2.24) is 15.5 Å². The lowest BCUT2D eigenvalue weighted by atomic mass is 10.1. The average molecular weight is 260 g/mol. The maximum absolute atomic E-state index is 12.2. The number of rotatable bonds is 4. The van der Waals surface area contributed by atoms with Crippen LogP contribution in [0.15, 0.2) is 12.1 Å². The molecule has 1 aromatic rings. The molecule has 2 heterocycles. The Morgan fingerprint density at radius 3 is 2.72 bits per heavy atom. The van der Waals surface area contributed by atoms with Gasteiger partial charge in [0.2, 0.25) is 0 Å². The molecule has 1 fully saturated rings. The van der Waals surface area contributed by atoms with Gasteiger partial charge in [-0.2, -0.15) is 13.2 Å². The largest absolute Gasteiger partial charge is 0.435 e. The minimum atomic E-state index is -4.43. The molecular weight excluding hydrogens is 245 g/mol. The molecule has 0 bridgehead atoms. The summed E-state index contributed by atoms with van der Waals surface area (Å²) in [6, 6.07) is 2.25. The van der Waals surface area contributed by atoms with Gasteiger partial charge in [0.15, 0.2) is 5.69 Å². The van der Waals surface area contributed by atoms with E-state index in [1.54, 1.807) is 0 Å². The molecule has 1 aliphatic heterocycles. The number of alkyl halides is 3. The van der Waals surface area contributed by atoms with E-state index in [0.717, 1.165) is 32.0 Å². The third-order valence-corrected chi connectivity index (χ3v) is 2.98. The van der Waals surface area contributed by atoms with E-state index in [1.807, 2.05) is 0 Å². The number of hydrogen-bond donors (Lipinski definition) is 2. The normalized spacial score (nSPS) is 20.1. The van der Waals surface area contributed by atoms with Gasteiger partial charge in [0, 0.05) is 6.54 Å². The number of nitrogens with zero attached hydrogens (tertiary/aromatic N) is 2. The topological polar surface area (TPSA) is 49.8 Å². The number of hydrogen-bond acceptors (Lipinski definition) is 4. The predicted molar refractivity (Wildman–Crippen MR) is 61.1 cm³/mol. The first kappa shape index (κ1) is 13.1. The summed E-state index contributed by atoms with van der Waals surface area (Å²) >= 11 is 0. The van der Waals surface area contributed by atoms with Crippen LogP contribution in [-0.2, 0) is 6.18 Å². The summed E-state index contributed by atoms with van der Waals surface area (Å²) in [7, 11) is 0. The van der Waals surface area contributed by atoms with Gasteiger partial charge < -0.3 is 10.6 Å². The SMILES string of the molecule is FC(F)(F)c1ccc(NCCC2CCNC2)nn1. The van der Waals surface area contributed by atoms with Crippen LogP contribution in [0.25, 0.3) is 0 Å². The molecule has 4 nitrogen and oxygen atoms in total. The van der Waals surface area contributed by atoms with Crippen molar-refractivity contribution in [3.8, 4) is 0 Å². The molecule has 2 rings (SSSR count). The summed E-state index contributed by atoms with van der Waals surface area (Å²) in [5.74, 6) is 1.02. The third kappa shape index (κ3) is 3.56. The standard InChI is InChI=1S/C11H15F3N4/c12-11(13,14)9-1-2-10(18-17-9)16-6-4-8-3-5-15-7-8/h1-2,8,15H,3-7H2,(H,16,18). The van der Waals surface area contributed by atoms with Gasteiger partial charge in [-0.1, -0.05) is 0 Å². The average Bonchev–Trinajstić information content (AvgIpc) is 2.82. The summed E-state index contributed by atoms with van der Waals surface area (Å²) < 4.78 is 36.7. The van der Waals surface area contributed by atoms with Crippen LogP contribution in [0.1, 0.15) is 18.5 Å². The molecule has 100 valence electrons. The number of aromatic nitrogens is 2. The summed E-state index contributed by atoms with van der Waals surface area (Å²) in [6.45, 7) is 2.76. The molecule has 1 atom stereocenters. The lowest BCUT2D eigenvalue weighted by Crippen LogP contribution is -2.14. The van der Waals surface area contributed by atoms with Crippen LogP contribution < -0.4 is 10.6 Å². The molecule has 0 aromatic carbocycles. The van der Waals surface area contributed by atoms with Gasteiger partial charge in [-0.05, 0) is 44.0 Å². The highest BCUT2D eigenvalue weighted by Crippen LogP contribution is 2.27. The van der Waals surface area contributed by atoms with E-state index in [1.165, 1.54) is 6.07 Å². The van der Waals surface area contributed by atoms with Crippen LogP contribution in [0.4, 0.5) is 19.0 Å². The van der Waals surface area contributed by atoms with Crippen molar-refractivity contribution >= 4 is 5.82 Å². The molecule has 0 spiro atoms. The number of nitrogens with one attached hydrogen (secondary N) is 2. The van der Waals surface area contributed by atoms with E-state index in [-0.39, 0.29) is 0 Å². The van der Waals surface area contributed by atoms with E-state index in [9.17, 15) is 13.2 Å². The van der Waals surface area contributed by atoms with Gasteiger partial charge in [-0.3, -0.25) is 0 Å². The number of halogens is 3. The molecule has 1 unspecified atom stereocenters. The fourth-order valence-electron chi connectivity index (χ4n) is 1.94. The molecule has 18 heavy (non-hydrogen) atoms. The first-order valence-corrected chi connectivity index (χ1v) is 5.91. The second-order valence-corrected chi connectivity index (χ2v) is 4.38. The van der Waals surface area contributed by atoms with Crippen molar-refractivity contribution in [2.45, 2.75) is 19.0 Å². The van der Waals surface area contributed by atoms with Gasteiger partial charge in [-0.15, -0.1) is 10.2 Å². The molecule has 2 N–H and O–H groups in total. The first-order valence-electron chi connectivity index (χ1n) is 5.91. The second-order valence-electron chi connectivity index (χ2n) is 4.38. The Labute approximate surface area is 103 Å². The molecular formula is C11H15F3N4. The predicted octanol–water partition coefficient (Wildman–Crippen LogP) is 1.91. The molecule has 0 radical (unpaired) electrons. The maximum atomic E-state index is 12.2. The van der Waals surface area contributed by atoms with Crippen LogP contribution in [0.5, 0.6) is 0 Å². The van der Waals surface area contributed by atoms with Gasteiger partial charge in [0.25, 0.3) is 0 Å². The Hall–Kier alpha value is -1.37. The molecule has 0 amide bonds. The Kier molecular flexibility index (Phi) is 4.00. The minimum absolute atomic E-state index is 0.383. The Bertz CT molecular complexity index is 371. The highest BCUT2D eigenvalue weighted by Gasteiger charge is 2.32. The zero-order valence-corrected chi connectivity index (χ0v) is 9.80. The van der Waals surface area contributed by atoms with Gasteiger partial charge in [0.05, 0.1) is 0 Å². The van der Waals surface area contributed by atoms with Crippen molar-refractivity contribution < 1.29 is 13.2 Å². The highest BCUT2D eigenvalue weighted by molar-refractivity contribution is 5.33. The molecule has 0 aliphatic carbocycles. The first-order chi connectivity index (χ1) is 8.55. The Balaban J connectivity index is 1.79. The fraction of sp³-hybridized carbons (Fsp3) is 0.636. The zero-order valence-electron chi connectivity index (χ0n) is 9.80. The van der Waals surface area contributed by atoms with Gasteiger partial charge in [-0.25, -0.2) is 0 Å². The van der Waals surface area contributed by atoms with E-state index in [4.69, 9.17) is 0 Å². The summed E-state index contributed by atoms with van der Waals surface area (Å²) in [6.07, 6.45) is -2.29. The molecule has 1 saturated heterocycles. The van der Waals surface area contributed by atoms with Gasteiger partial charge >= 0.3 is 6.18 Å². The van der Waals surface area contributed by atoms with Crippen molar-refractivity contribution in [3.63, 3.8) is 0 Å². The van der Waals surface area contributed by atoms with Crippen LogP contribution >= 0.6 is 0 Å².